The number of ether oxygens (including phenoxy) is 2. The summed E-state index contributed by atoms with van der Waals surface area (Å²) >= 11 is 0. The number of hydrogen-bond acceptors (Lipinski definition) is 9. The van der Waals surface area contributed by atoms with Gasteiger partial charge in [-0.15, -0.1) is 0 Å². The van der Waals surface area contributed by atoms with Crippen molar-refractivity contribution >= 4 is 57.2 Å². The van der Waals surface area contributed by atoms with Crippen molar-refractivity contribution in [1.82, 2.24) is 14.5 Å². The number of nitrogens with zero attached hydrogens (tertiary/aromatic N) is 2. The lowest BCUT2D eigenvalue weighted by Crippen LogP contribution is -2.29. The zero-order chi connectivity index (χ0) is 62.7. The fraction of sp³-hybridized carbons (Fsp3) is 0.216. The minimum atomic E-state index is -0.922. The number of ketones is 2. The SMILES string of the molecule is Cc1c(C)n(Cc2ccc(-c3ccccc3C(=O)OC(C)(C)C)cc2)c2ccc(C(=O)NCC(=O)c3ccccc3)cc12.Cc1c(C)n(Cc2ccc(-c3ccccc3C(=O)OC(C)(C)C)cc2)c2ccc(C(=O)O)cc12.NCC(=O)c1ccccc1. The maximum absolute atomic E-state index is 12.9. The molecule has 10 aromatic rings. The summed E-state index contributed by atoms with van der Waals surface area (Å²) in [5.74, 6) is -2.02. The number of rotatable bonds is 15. The molecule has 0 fully saturated rings. The van der Waals surface area contributed by atoms with Gasteiger partial charge in [0.2, 0.25) is 0 Å². The van der Waals surface area contributed by atoms with Crippen LogP contribution in [0.1, 0.15) is 137 Å². The van der Waals surface area contributed by atoms with Gasteiger partial charge in [-0.1, -0.05) is 146 Å². The Bertz CT molecular complexity index is 4150. The monoisotopic (exact) mass is 1160 g/mol. The second-order valence-electron chi connectivity index (χ2n) is 23.3. The molecule has 2 heterocycles. The summed E-state index contributed by atoms with van der Waals surface area (Å²) in [5, 5.41) is 14.1. The summed E-state index contributed by atoms with van der Waals surface area (Å²) in [6.45, 7) is 20.7. The van der Waals surface area contributed by atoms with E-state index in [1.165, 1.54) is 0 Å². The van der Waals surface area contributed by atoms with Crippen molar-refractivity contribution in [3.8, 4) is 22.3 Å². The van der Waals surface area contributed by atoms with Gasteiger partial charge in [0.15, 0.2) is 11.6 Å². The molecule has 0 aliphatic rings. The fourth-order valence-electron chi connectivity index (χ4n) is 10.1. The predicted molar refractivity (Wildman–Crippen MR) is 345 cm³/mol. The molecule has 0 aliphatic heterocycles. The van der Waals surface area contributed by atoms with Gasteiger partial charge in [-0.05, 0) is 162 Å². The number of fused-ring (bicyclic) bond motifs is 2. The first-order chi connectivity index (χ1) is 41.4. The molecule has 0 radical (unpaired) electrons. The number of amides is 1. The second-order valence-corrected chi connectivity index (χ2v) is 23.3. The van der Waals surface area contributed by atoms with Crippen LogP contribution in [-0.4, -0.2) is 73.9 Å². The number of hydrogen-bond donors (Lipinski definition) is 3. The molecule has 444 valence electrons. The van der Waals surface area contributed by atoms with Crippen molar-refractivity contribution in [1.29, 1.82) is 0 Å². The van der Waals surface area contributed by atoms with Crippen LogP contribution in [0.15, 0.2) is 194 Å². The third kappa shape index (κ3) is 15.7. The topological polar surface area (TPSA) is 189 Å². The highest BCUT2D eigenvalue weighted by Gasteiger charge is 2.23. The normalized spacial score (nSPS) is 11.2. The smallest absolute Gasteiger partial charge is 0.339 e. The lowest BCUT2D eigenvalue weighted by Gasteiger charge is -2.20. The Morgan fingerprint density at radius 3 is 1.24 bits per heavy atom. The van der Waals surface area contributed by atoms with Gasteiger partial charge in [0.05, 0.1) is 29.8 Å². The lowest BCUT2D eigenvalue weighted by molar-refractivity contribution is 0.00578. The van der Waals surface area contributed by atoms with Gasteiger partial charge < -0.3 is 34.8 Å². The van der Waals surface area contributed by atoms with Gasteiger partial charge in [0.1, 0.15) is 11.2 Å². The fourth-order valence-corrected chi connectivity index (χ4v) is 10.1. The average molecular weight is 1160 g/mol. The van der Waals surface area contributed by atoms with Crippen molar-refractivity contribution < 1.29 is 43.3 Å². The molecule has 1 amide bonds. The number of aromatic carboxylic acids is 1. The van der Waals surface area contributed by atoms with Crippen LogP contribution < -0.4 is 11.1 Å². The third-order valence-electron chi connectivity index (χ3n) is 14.9. The Morgan fingerprint density at radius 2 is 0.839 bits per heavy atom. The number of nitrogens with two attached hydrogens (primary N) is 1. The van der Waals surface area contributed by atoms with Crippen molar-refractivity contribution in [3.63, 3.8) is 0 Å². The summed E-state index contributed by atoms with van der Waals surface area (Å²) in [6.07, 6.45) is 0. The van der Waals surface area contributed by atoms with E-state index in [4.69, 9.17) is 15.2 Å². The van der Waals surface area contributed by atoms with Crippen molar-refractivity contribution in [3.05, 3.63) is 261 Å². The van der Waals surface area contributed by atoms with Gasteiger partial charge in [-0.2, -0.15) is 0 Å². The molecule has 13 heteroatoms. The second kappa shape index (κ2) is 27.4. The van der Waals surface area contributed by atoms with E-state index >= 15 is 0 Å². The number of esters is 2. The number of nitrogens with one attached hydrogen (secondary N) is 1. The summed E-state index contributed by atoms with van der Waals surface area (Å²) in [4.78, 5) is 73.2. The first-order valence-corrected chi connectivity index (χ1v) is 28.8. The van der Waals surface area contributed by atoms with Crippen LogP contribution in [0.3, 0.4) is 0 Å². The van der Waals surface area contributed by atoms with Crippen LogP contribution in [0.2, 0.25) is 0 Å². The van der Waals surface area contributed by atoms with Crippen molar-refractivity contribution in [2.45, 2.75) is 93.5 Å². The highest BCUT2D eigenvalue weighted by Crippen LogP contribution is 2.32. The quantitative estimate of drug-likeness (QED) is 0.0658. The number of aryl methyl sites for hydroxylation is 2. The highest BCUT2D eigenvalue weighted by molar-refractivity contribution is 6.04. The predicted octanol–water partition coefficient (Wildman–Crippen LogP) is 15.0. The van der Waals surface area contributed by atoms with E-state index in [-0.39, 0.29) is 42.5 Å². The van der Waals surface area contributed by atoms with Gasteiger partial charge in [-0.25, -0.2) is 14.4 Å². The first-order valence-electron chi connectivity index (χ1n) is 28.8. The Labute approximate surface area is 508 Å². The van der Waals surface area contributed by atoms with Crippen LogP contribution >= 0.6 is 0 Å². The van der Waals surface area contributed by atoms with Crippen LogP contribution in [0.25, 0.3) is 44.1 Å². The summed E-state index contributed by atoms with van der Waals surface area (Å²) in [7, 11) is 0. The van der Waals surface area contributed by atoms with Crippen LogP contribution in [-0.2, 0) is 22.6 Å². The molecule has 0 saturated heterocycles. The molecule has 0 aliphatic carbocycles. The molecule has 0 atom stereocenters. The zero-order valence-electron chi connectivity index (χ0n) is 51.0. The van der Waals surface area contributed by atoms with E-state index < -0.39 is 17.2 Å². The maximum Gasteiger partial charge on any atom is 0.339 e. The maximum atomic E-state index is 12.9. The van der Waals surface area contributed by atoms with Crippen LogP contribution in [0.4, 0.5) is 0 Å². The van der Waals surface area contributed by atoms with E-state index in [0.717, 1.165) is 77.7 Å². The van der Waals surface area contributed by atoms with Gasteiger partial charge in [0.25, 0.3) is 5.91 Å². The number of carboxylic acid groups (broad SMARTS) is 1. The minimum Gasteiger partial charge on any atom is -0.478 e. The minimum absolute atomic E-state index is 0.0133. The first kappa shape index (κ1) is 63.1. The molecule has 0 spiro atoms. The Hall–Kier alpha value is -9.98. The van der Waals surface area contributed by atoms with E-state index in [0.29, 0.717) is 46.5 Å². The average Bonchev–Trinajstić information content (AvgIpc) is 1.97. The Kier molecular flexibility index (Phi) is 19.8. The summed E-state index contributed by atoms with van der Waals surface area (Å²) in [6, 6.07) is 60.3. The molecule has 87 heavy (non-hydrogen) atoms. The van der Waals surface area contributed by atoms with E-state index in [1.807, 2.05) is 152 Å². The summed E-state index contributed by atoms with van der Waals surface area (Å²) in [5.41, 5.74) is 19.4. The van der Waals surface area contributed by atoms with Gasteiger partial charge in [-0.3, -0.25) is 14.4 Å². The molecular weight excluding hydrogens is 1090 g/mol. The number of Topliss-reactive ketones (excluding diaryl/α,β-unsaturated/α-hetero) is 2. The largest absolute Gasteiger partial charge is 0.478 e. The number of carbonyl (C=O) groups is 6. The molecule has 2 aromatic heterocycles. The lowest BCUT2D eigenvalue weighted by atomic mass is 9.98. The Balaban J connectivity index is 0.000000198. The van der Waals surface area contributed by atoms with E-state index in [9.17, 15) is 33.9 Å². The highest BCUT2D eigenvalue weighted by atomic mass is 16.6. The summed E-state index contributed by atoms with van der Waals surface area (Å²) < 4.78 is 15.7. The molecular formula is C74H74N4O9. The van der Waals surface area contributed by atoms with E-state index in [2.05, 4.69) is 59.5 Å². The molecule has 8 aromatic carbocycles. The molecule has 13 nitrogen and oxygen atoms in total. The van der Waals surface area contributed by atoms with Crippen LogP contribution in [0, 0.1) is 27.7 Å². The Morgan fingerprint density at radius 1 is 0.460 bits per heavy atom. The van der Waals surface area contributed by atoms with E-state index in [1.54, 1.807) is 66.7 Å². The molecule has 0 saturated carbocycles. The number of benzene rings is 8. The molecule has 0 unspecified atom stereocenters. The molecule has 10 rings (SSSR count). The zero-order valence-corrected chi connectivity index (χ0v) is 51.0. The number of carbonyl (C=O) groups excluding carboxylic acids is 5. The van der Waals surface area contributed by atoms with Crippen LogP contribution in [0.5, 0.6) is 0 Å². The standard InChI is InChI=1S/C37H36N2O4.C29H29NO4.C8H9NO/c1-24-25(2)39(33-20-19-29(21-32(24)33)35(41)38-22-34(40)28-11-7-6-8-12-28)23-26-15-17-27(18-16-26)30-13-9-10-14-31(30)36(42)43-37(3,4)5;1-18-19(2)30(26-15-14-22(27(31)32)16-25(18)26)17-20-10-12-21(13-11-20)23-8-6-7-9-24(23)28(33)34-29(3,4)5;9-6-8(10)7-4-2-1-3-5-7/h6-21H,22-23H2,1-5H3,(H,38,41);6-16H,17H2,1-5H3,(H,31,32);1-5H,6,9H2. The van der Waals surface area contributed by atoms with Gasteiger partial charge in [0, 0.05) is 63.0 Å². The molecule has 4 N–H and O–H groups in total. The van der Waals surface area contributed by atoms with Crippen molar-refractivity contribution in [2.24, 2.45) is 5.73 Å². The number of aromatic nitrogens is 2. The molecule has 0 bridgehead atoms. The third-order valence-corrected chi connectivity index (χ3v) is 14.9. The van der Waals surface area contributed by atoms with Gasteiger partial charge >= 0.3 is 17.9 Å². The van der Waals surface area contributed by atoms with Crippen molar-refractivity contribution in [2.75, 3.05) is 13.1 Å². The number of carboxylic acids is 1.